The van der Waals surface area contributed by atoms with Gasteiger partial charge < -0.3 is 5.11 Å². The van der Waals surface area contributed by atoms with Gasteiger partial charge in [0.25, 0.3) is 0 Å². The first-order chi connectivity index (χ1) is 6.36. The van der Waals surface area contributed by atoms with Gasteiger partial charge in [0.05, 0.1) is 10.6 Å². The van der Waals surface area contributed by atoms with Crippen LogP contribution in [0.25, 0.3) is 0 Å². The molecule has 0 unspecified atom stereocenters. The van der Waals surface area contributed by atoms with Gasteiger partial charge in [0.1, 0.15) is 5.82 Å². The number of benzene rings is 1. The van der Waals surface area contributed by atoms with Gasteiger partial charge in [0, 0.05) is 5.56 Å². The molecule has 14 heavy (non-hydrogen) atoms. The van der Waals surface area contributed by atoms with E-state index < -0.39 is 11.4 Å². The highest BCUT2D eigenvalue weighted by Crippen LogP contribution is 2.29. The van der Waals surface area contributed by atoms with Crippen molar-refractivity contribution in [2.45, 2.75) is 32.8 Å². The second-order valence-electron chi connectivity index (χ2n) is 3.85. The second kappa shape index (κ2) is 3.87. The van der Waals surface area contributed by atoms with Crippen LogP contribution >= 0.6 is 11.6 Å². The molecule has 0 bridgehead atoms. The molecule has 1 aromatic carbocycles. The van der Waals surface area contributed by atoms with Gasteiger partial charge in [0.2, 0.25) is 0 Å². The van der Waals surface area contributed by atoms with Gasteiger partial charge in [-0.15, -0.1) is 0 Å². The van der Waals surface area contributed by atoms with Gasteiger partial charge in [0.15, 0.2) is 0 Å². The van der Waals surface area contributed by atoms with Gasteiger partial charge in [-0.05, 0) is 38.0 Å². The van der Waals surface area contributed by atoms with E-state index in [-0.39, 0.29) is 10.6 Å². The van der Waals surface area contributed by atoms with E-state index in [1.54, 1.807) is 26.0 Å². The third kappa shape index (κ3) is 2.25. The second-order valence-corrected chi connectivity index (χ2v) is 4.26. The summed E-state index contributed by atoms with van der Waals surface area (Å²) in [5.41, 5.74) is -0.0193. The lowest BCUT2D eigenvalue weighted by Crippen LogP contribution is -2.18. The van der Waals surface area contributed by atoms with Gasteiger partial charge in [-0.1, -0.05) is 18.5 Å². The molecule has 1 aromatic rings. The fraction of sp³-hybridized carbons (Fsp3) is 0.455. The lowest BCUT2D eigenvalue weighted by Gasteiger charge is -2.20. The fourth-order valence-corrected chi connectivity index (χ4v) is 1.54. The Morgan fingerprint density at radius 1 is 1.43 bits per heavy atom. The van der Waals surface area contributed by atoms with Crippen molar-refractivity contribution in [1.29, 1.82) is 0 Å². The van der Waals surface area contributed by atoms with Crippen LogP contribution in [-0.2, 0) is 12.0 Å². The van der Waals surface area contributed by atoms with E-state index in [9.17, 15) is 9.50 Å². The van der Waals surface area contributed by atoms with Crippen molar-refractivity contribution >= 4 is 11.6 Å². The maximum atomic E-state index is 13.5. The maximum absolute atomic E-state index is 13.5. The molecule has 1 nitrogen and oxygen atoms in total. The number of aliphatic hydroxyl groups is 1. The van der Waals surface area contributed by atoms with E-state index >= 15 is 0 Å². The fourth-order valence-electron chi connectivity index (χ4n) is 1.29. The Hall–Kier alpha value is -0.600. The number of rotatable bonds is 2. The van der Waals surface area contributed by atoms with E-state index in [1.165, 1.54) is 0 Å². The van der Waals surface area contributed by atoms with Gasteiger partial charge in [-0.3, -0.25) is 0 Å². The normalized spacial score (nSPS) is 11.9. The molecule has 0 heterocycles. The summed E-state index contributed by atoms with van der Waals surface area (Å²) in [4.78, 5) is 0. The summed E-state index contributed by atoms with van der Waals surface area (Å²) in [6.07, 6.45) is 0.767. The van der Waals surface area contributed by atoms with Gasteiger partial charge >= 0.3 is 0 Å². The lowest BCUT2D eigenvalue weighted by molar-refractivity contribution is 0.0745. The summed E-state index contributed by atoms with van der Waals surface area (Å²) in [6.45, 7) is 5.04. The molecule has 1 rings (SSSR count). The molecule has 0 radical (unpaired) electrons. The molecule has 0 aliphatic heterocycles. The number of hydrogen-bond donors (Lipinski definition) is 1. The summed E-state index contributed by atoms with van der Waals surface area (Å²) in [5.74, 6) is -0.531. The van der Waals surface area contributed by atoms with Crippen LogP contribution in [0, 0.1) is 5.82 Å². The first-order valence-corrected chi connectivity index (χ1v) is 4.94. The van der Waals surface area contributed by atoms with Crippen molar-refractivity contribution in [2.24, 2.45) is 0 Å². The lowest BCUT2D eigenvalue weighted by atomic mass is 9.95. The summed E-state index contributed by atoms with van der Waals surface area (Å²) in [7, 11) is 0. The molecule has 78 valence electrons. The Bertz CT molecular complexity index is 342. The van der Waals surface area contributed by atoms with E-state index in [0.29, 0.717) is 0 Å². The van der Waals surface area contributed by atoms with Crippen molar-refractivity contribution in [2.75, 3.05) is 0 Å². The Morgan fingerprint density at radius 2 is 2.00 bits per heavy atom. The van der Waals surface area contributed by atoms with Crippen LogP contribution in [0.4, 0.5) is 4.39 Å². The highest BCUT2D eigenvalue weighted by Gasteiger charge is 2.22. The molecule has 0 saturated heterocycles. The quantitative estimate of drug-likeness (QED) is 0.805. The average molecular weight is 217 g/mol. The summed E-state index contributed by atoms with van der Waals surface area (Å²) < 4.78 is 13.5. The Morgan fingerprint density at radius 3 is 2.43 bits per heavy atom. The third-order valence-corrected chi connectivity index (χ3v) is 2.43. The van der Waals surface area contributed by atoms with Crippen molar-refractivity contribution < 1.29 is 9.50 Å². The zero-order valence-corrected chi connectivity index (χ0v) is 9.32. The van der Waals surface area contributed by atoms with Crippen LogP contribution in [0.5, 0.6) is 0 Å². The largest absolute Gasteiger partial charge is 0.386 e. The molecule has 0 fully saturated rings. The molecule has 0 aromatic heterocycles. The third-order valence-electron chi connectivity index (χ3n) is 2.16. The predicted molar refractivity (Wildman–Crippen MR) is 56.0 cm³/mol. The van der Waals surface area contributed by atoms with Crippen molar-refractivity contribution in [3.8, 4) is 0 Å². The molecular weight excluding hydrogens is 203 g/mol. The van der Waals surface area contributed by atoms with E-state index in [0.717, 1.165) is 12.0 Å². The summed E-state index contributed by atoms with van der Waals surface area (Å²) in [6, 6.07) is 3.24. The van der Waals surface area contributed by atoms with Crippen molar-refractivity contribution in [1.82, 2.24) is 0 Å². The van der Waals surface area contributed by atoms with E-state index in [1.807, 2.05) is 6.92 Å². The van der Waals surface area contributed by atoms with Gasteiger partial charge in [-0.2, -0.15) is 0 Å². The number of halogens is 2. The molecule has 0 spiro atoms. The molecular formula is C11H14ClFO. The zero-order valence-electron chi connectivity index (χ0n) is 8.56. The molecule has 0 saturated carbocycles. The predicted octanol–water partition coefficient (Wildman–Crippen LogP) is 3.27. The smallest absolute Gasteiger partial charge is 0.147 e. The minimum atomic E-state index is -1.20. The minimum absolute atomic E-state index is 0.0708. The molecule has 3 heteroatoms. The standard InChI is InChI=1S/C11H14ClFO/c1-4-7-5-8(11(2,3)14)10(13)9(12)6-7/h5-6,14H,4H2,1-3H3. The van der Waals surface area contributed by atoms with E-state index in [4.69, 9.17) is 11.6 Å². The maximum Gasteiger partial charge on any atom is 0.147 e. The Labute approximate surface area is 88.5 Å². The molecule has 0 amide bonds. The molecule has 1 N–H and O–H groups in total. The van der Waals surface area contributed by atoms with Crippen molar-refractivity contribution in [3.63, 3.8) is 0 Å². The molecule has 0 aliphatic carbocycles. The monoisotopic (exact) mass is 216 g/mol. The van der Waals surface area contributed by atoms with Crippen LogP contribution in [0.15, 0.2) is 12.1 Å². The summed E-state index contributed by atoms with van der Waals surface area (Å²) >= 11 is 5.72. The SMILES string of the molecule is CCc1cc(Cl)c(F)c(C(C)(C)O)c1. The molecule has 0 aliphatic rings. The number of aryl methyl sites for hydroxylation is 1. The van der Waals surface area contributed by atoms with Crippen LogP contribution in [0.1, 0.15) is 31.9 Å². The first kappa shape index (κ1) is 11.5. The van der Waals surface area contributed by atoms with Crippen LogP contribution in [-0.4, -0.2) is 5.11 Å². The topological polar surface area (TPSA) is 20.2 Å². The van der Waals surface area contributed by atoms with Crippen LogP contribution in [0.2, 0.25) is 5.02 Å². The molecule has 0 atom stereocenters. The average Bonchev–Trinajstić information content (AvgIpc) is 2.07. The van der Waals surface area contributed by atoms with E-state index in [2.05, 4.69) is 0 Å². The highest BCUT2D eigenvalue weighted by molar-refractivity contribution is 6.30. The minimum Gasteiger partial charge on any atom is -0.386 e. The van der Waals surface area contributed by atoms with Crippen LogP contribution in [0.3, 0.4) is 0 Å². The van der Waals surface area contributed by atoms with Gasteiger partial charge in [-0.25, -0.2) is 4.39 Å². The highest BCUT2D eigenvalue weighted by atomic mass is 35.5. The zero-order chi connectivity index (χ0) is 10.9. The first-order valence-electron chi connectivity index (χ1n) is 4.57. The van der Waals surface area contributed by atoms with Crippen LogP contribution < -0.4 is 0 Å². The van der Waals surface area contributed by atoms with Crippen molar-refractivity contribution in [3.05, 3.63) is 34.1 Å². The number of hydrogen-bond acceptors (Lipinski definition) is 1. The Kier molecular flexibility index (Phi) is 3.17. The summed E-state index contributed by atoms with van der Waals surface area (Å²) in [5, 5.41) is 9.79. The Balaban J connectivity index is 3.35.